The SMILES string of the molecule is COc1ccccc1C(=O)O.[C-]#[O+].[C-]#[O+].[C-]#[O+].[Cr]. The number of rotatable bonds is 2. The van der Waals surface area contributed by atoms with E-state index in [0.29, 0.717) is 5.75 Å². The molecule has 0 heterocycles. The second-order valence-electron chi connectivity index (χ2n) is 2.01. The fraction of sp³-hybridized carbons (Fsp3) is 0.0909. The maximum atomic E-state index is 10.5. The molecule has 94 valence electrons. The molecule has 0 saturated heterocycles. The molecule has 0 aliphatic rings. The van der Waals surface area contributed by atoms with E-state index in [-0.39, 0.29) is 22.9 Å². The Kier molecular flexibility index (Phi) is 28.9. The Morgan fingerprint density at radius 1 is 1.11 bits per heavy atom. The number of ether oxygens (including phenoxy) is 1. The number of carbonyl (C=O) groups is 1. The summed E-state index contributed by atoms with van der Waals surface area (Å²) in [6.07, 6.45) is 0. The van der Waals surface area contributed by atoms with Crippen LogP contribution in [-0.2, 0) is 31.3 Å². The maximum Gasteiger partial charge on any atom is 0 e. The van der Waals surface area contributed by atoms with E-state index in [1.165, 1.54) is 13.2 Å². The molecule has 0 unspecified atom stereocenters. The van der Waals surface area contributed by atoms with Crippen molar-refractivity contribution in [3.05, 3.63) is 49.8 Å². The number of carboxylic acids is 1. The zero-order chi connectivity index (χ0) is 14.3. The van der Waals surface area contributed by atoms with E-state index in [1.54, 1.807) is 18.2 Å². The van der Waals surface area contributed by atoms with Gasteiger partial charge in [0.1, 0.15) is 11.3 Å². The molecule has 1 aromatic rings. The Balaban J connectivity index is -0.000000123. The number of para-hydroxylation sites is 1. The summed E-state index contributed by atoms with van der Waals surface area (Å²) in [7, 11) is 1.45. The van der Waals surface area contributed by atoms with Crippen molar-refractivity contribution in [2.75, 3.05) is 7.11 Å². The topological polar surface area (TPSA) is 106 Å². The van der Waals surface area contributed by atoms with E-state index < -0.39 is 5.97 Å². The van der Waals surface area contributed by atoms with Crippen molar-refractivity contribution in [2.24, 2.45) is 0 Å². The van der Waals surface area contributed by atoms with Gasteiger partial charge in [-0.1, -0.05) is 12.1 Å². The molecule has 7 heteroatoms. The minimum atomic E-state index is -0.970. The summed E-state index contributed by atoms with van der Waals surface area (Å²) in [6, 6.07) is 6.50. The van der Waals surface area contributed by atoms with Gasteiger partial charge in [-0.2, -0.15) is 0 Å². The summed E-state index contributed by atoms with van der Waals surface area (Å²) >= 11 is 0. The first-order chi connectivity index (χ1) is 8.25. The van der Waals surface area contributed by atoms with Crippen molar-refractivity contribution in [1.82, 2.24) is 0 Å². The number of hydrogen-bond donors (Lipinski definition) is 1. The van der Waals surface area contributed by atoms with Crippen molar-refractivity contribution < 1.29 is 46.0 Å². The van der Waals surface area contributed by atoms with Gasteiger partial charge in [0.05, 0.1) is 7.11 Å². The van der Waals surface area contributed by atoms with Crippen LogP contribution in [0.3, 0.4) is 0 Å². The Hall–Kier alpha value is -1.76. The van der Waals surface area contributed by atoms with E-state index in [1.807, 2.05) is 0 Å². The number of aromatic carboxylic acids is 1. The molecule has 6 nitrogen and oxygen atoms in total. The molecule has 1 N–H and O–H groups in total. The van der Waals surface area contributed by atoms with Gasteiger partial charge in [0.2, 0.25) is 0 Å². The van der Waals surface area contributed by atoms with Crippen LogP contribution in [0.2, 0.25) is 0 Å². The van der Waals surface area contributed by atoms with Crippen LogP contribution in [-0.4, -0.2) is 18.2 Å². The minimum absolute atomic E-state index is 0. The van der Waals surface area contributed by atoms with E-state index in [9.17, 15) is 4.79 Å². The monoisotopic (exact) mass is 288 g/mol. The fourth-order valence-electron chi connectivity index (χ4n) is 0.821. The van der Waals surface area contributed by atoms with E-state index in [2.05, 4.69) is 20.0 Å². The Labute approximate surface area is 115 Å². The van der Waals surface area contributed by atoms with E-state index in [0.717, 1.165) is 0 Å². The van der Waals surface area contributed by atoms with Crippen molar-refractivity contribution in [1.29, 1.82) is 0 Å². The van der Waals surface area contributed by atoms with Gasteiger partial charge in [-0.15, -0.1) is 0 Å². The van der Waals surface area contributed by atoms with Crippen molar-refractivity contribution in [2.45, 2.75) is 0 Å². The van der Waals surface area contributed by atoms with Crippen LogP contribution in [0.15, 0.2) is 24.3 Å². The number of hydrogen-bond acceptors (Lipinski definition) is 2. The maximum absolute atomic E-state index is 10.5. The van der Waals surface area contributed by atoms with Crippen LogP contribution >= 0.6 is 0 Å². The third kappa shape index (κ3) is 10.8. The summed E-state index contributed by atoms with van der Waals surface area (Å²) in [4.78, 5) is 10.5. The van der Waals surface area contributed by atoms with Gasteiger partial charge in [-0.25, -0.2) is 4.79 Å². The zero-order valence-electron chi connectivity index (χ0n) is 9.21. The molecule has 0 spiro atoms. The van der Waals surface area contributed by atoms with Gasteiger partial charge in [0.15, 0.2) is 0 Å². The minimum Gasteiger partial charge on any atom is 0 e. The first kappa shape index (κ1) is 25.2. The summed E-state index contributed by atoms with van der Waals surface area (Å²) in [5, 5.41) is 8.62. The van der Waals surface area contributed by atoms with Gasteiger partial charge in [-0.05, 0) is 12.1 Å². The molecular formula is C11H8CrO6. The molecule has 0 atom stereocenters. The largest absolute Gasteiger partial charge is 0 e. The molecule has 0 aromatic heterocycles. The Morgan fingerprint density at radius 2 is 1.50 bits per heavy atom. The average Bonchev–Trinajstić information content (AvgIpc) is 2.45. The van der Waals surface area contributed by atoms with Crippen molar-refractivity contribution in [3.8, 4) is 5.75 Å². The summed E-state index contributed by atoms with van der Waals surface area (Å²) in [6.45, 7) is 13.5. The van der Waals surface area contributed by atoms with Crippen LogP contribution in [0, 0.1) is 20.0 Å². The van der Waals surface area contributed by atoms with Gasteiger partial charge >= 0.3 is 39.9 Å². The second-order valence-corrected chi connectivity index (χ2v) is 2.01. The predicted molar refractivity (Wildman–Crippen MR) is 51.7 cm³/mol. The van der Waals surface area contributed by atoms with Gasteiger partial charge in [0.25, 0.3) is 0 Å². The molecule has 0 amide bonds. The number of carboxylic acid groups (broad SMARTS) is 1. The predicted octanol–water partition coefficient (Wildman–Crippen LogP) is 1.28. The van der Waals surface area contributed by atoms with Crippen LogP contribution in [0.1, 0.15) is 10.4 Å². The molecule has 0 saturated carbocycles. The summed E-state index contributed by atoms with van der Waals surface area (Å²) < 4.78 is 27.3. The average molecular weight is 288 g/mol. The molecule has 0 fully saturated rings. The fourth-order valence-corrected chi connectivity index (χ4v) is 0.821. The standard InChI is InChI=1S/C8H8O3.3CO.Cr/c1-11-7-5-3-2-4-6(7)8(9)10;3*1-2;/h2-5H,1H3,(H,9,10);;;;. The quantitative estimate of drug-likeness (QED) is 0.654. The van der Waals surface area contributed by atoms with E-state index in [4.69, 9.17) is 23.8 Å². The first-order valence-corrected chi connectivity index (χ1v) is 3.73. The van der Waals surface area contributed by atoms with E-state index >= 15 is 0 Å². The van der Waals surface area contributed by atoms with Gasteiger partial charge in [0, 0.05) is 17.4 Å². The molecule has 18 heavy (non-hydrogen) atoms. The van der Waals surface area contributed by atoms with Crippen molar-refractivity contribution >= 4 is 5.97 Å². The third-order valence-electron chi connectivity index (χ3n) is 1.34. The third-order valence-corrected chi connectivity index (χ3v) is 1.34. The molecule has 0 radical (unpaired) electrons. The Morgan fingerprint density at radius 3 is 1.78 bits per heavy atom. The van der Waals surface area contributed by atoms with Gasteiger partial charge in [-0.3, -0.25) is 0 Å². The molecular weight excluding hydrogens is 280 g/mol. The molecule has 0 aliphatic heterocycles. The second kappa shape index (κ2) is 20.6. The van der Waals surface area contributed by atoms with Crippen molar-refractivity contribution in [3.63, 3.8) is 0 Å². The summed E-state index contributed by atoms with van der Waals surface area (Å²) in [5.41, 5.74) is 0.190. The van der Waals surface area contributed by atoms with Crippen LogP contribution in [0.25, 0.3) is 0 Å². The zero-order valence-corrected chi connectivity index (χ0v) is 10.5. The van der Waals surface area contributed by atoms with Gasteiger partial charge < -0.3 is 9.84 Å². The van der Waals surface area contributed by atoms with Crippen LogP contribution < -0.4 is 4.74 Å². The molecule has 1 rings (SSSR count). The number of methoxy groups -OCH3 is 1. The molecule has 0 bridgehead atoms. The van der Waals surface area contributed by atoms with Crippen LogP contribution in [0.5, 0.6) is 5.75 Å². The Bertz CT molecular complexity index is 368. The smallest absolute Gasteiger partial charge is 0 e. The first-order valence-electron chi connectivity index (χ1n) is 3.73. The molecule has 0 aliphatic carbocycles. The van der Waals surface area contributed by atoms with Crippen LogP contribution in [0.4, 0.5) is 0 Å². The summed E-state index contributed by atoms with van der Waals surface area (Å²) in [5.74, 6) is -0.581. The molecule has 1 aromatic carbocycles. The number of benzene rings is 1. The normalized spacial score (nSPS) is 5.94.